The van der Waals surface area contributed by atoms with Crippen molar-refractivity contribution in [3.63, 3.8) is 0 Å². The first-order valence-electron chi connectivity index (χ1n) is 4.86. The Morgan fingerprint density at radius 2 is 1.81 bits per heavy atom. The van der Waals surface area contributed by atoms with Crippen molar-refractivity contribution in [2.24, 2.45) is 4.99 Å². The number of alkyl halides is 3. The van der Waals surface area contributed by atoms with E-state index >= 15 is 0 Å². The van der Waals surface area contributed by atoms with E-state index in [1.165, 1.54) is 24.3 Å². The first-order chi connectivity index (χ1) is 7.49. The minimum absolute atomic E-state index is 0.128. The number of hydrogen-bond acceptors (Lipinski definition) is 2. The highest BCUT2D eigenvalue weighted by atomic mass is 19.4. The first kappa shape index (κ1) is 11.0. The van der Waals surface area contributed by atoms with Gasteiger partial charge in [0.2, 0.25) is 5.54 Å². The van der Waals surface area contributed by atoms with Crippen LogP contribution in [0.2, 0.25) is 0 Å². The van der Waals surface area contributed by atoms with Crippen LogP contribution < -0.4 is 4.74 Å². The molecule has 0 spiro atoms. The molecule has 2 rings (SSSR count). The number of hydrogen-bond donors (Lipinski definition) is 0. The average Bonchev–Trinajstić information content (AvgIpc) is 2.99. The number of aliphatic imine (C=N–C) groups is 1. The van der Waals surface area contributed by atoms with Gasteiger partial charge >= 0.3 is 6.18 Å². The number of nitrogens with zero attached hydrogens (tertiary/aromatic N) is 1. The average molecular weight is 229 g/mol. The maximum absolute atomic E-state index is 12.7. The van der Waals surface area contributed by atoms with E-state index in [0.29, 0.717) is 12.4 Å². The Morgan fingerprint density at radius 1 is 1.25 bits per heavy atom. The molecule has 2 nitrogen and oxygen atoms in total. The number of rotatable bonds is 3. The van der Waals surface area contributed by atoms with Crippen LogP contribution >= 0.6 is 0 Å². The van der Waals surface area contributed by atoms with E-state index in [9.17, 15) is 13.2 Å². The summed E-state index contributed by atoms with van der Waals surface area (Å²) in [6.07, 6.45) is -3.44. The molecule has 1 aliphatic rings. The third kappa shape index (κ3) is 1.66. The highest BCUT2D eigenvalue weighted by Gasteiger charge is 2.61. The third-order valence-electron chi connectivity index (χ3n) is 2.42. The molecule has 16 heavy (non-hydrogen) atoms. The van der Waals surface area contributed by atoms with Crippen LogP contribution in [0.5, 0.6) is 5.75 Å². The number of ether oxygens (including phenoxy) is 1. The van der Waals surface area contributed by atoms with Crippen molar-refractivity contribution in [2.45, 2.75) is 18.6 Å². The summed E-state index contributed by atoms with van der Waals surface area (Å²) < 4.78 is 43.2. The second kappa shape index (κ2) is 3.50. The lowest BCUT2D eigenvalue weighted by Gasteiger charge is -2.17. The second-order valence-electron chi connectivity index (χ2n) is 3.48. The van der Waals surface area contributed by atoms with Crippen molar-refractivity contribution in [3.05, 3.63) is 29.8 Å². The minimum Gasteiger partial charge on any atom is -0.494 e. The molecule has 0 saturated carbocycles. The predicted octanol–water partition coefficient (Wildman–Crippen LogP) is 2.93. The molecule has 1 aromatic rings. The molecule has 1 unspecified atom stereocenters. The Bertz CT molecular complexity index is 402. The summed E-state index contributed by atoms with van der Waals surface area (Å²) in [5.41, 5.74) is -1.96. The van der Waals surface area contributed by atoms with Gasteiger partial charge in [-0.15, -0.1) is 0 Å². The van der Waals surface area contributed by atoms with E-state index in [0.717, 1.165) is 6.21 Å². The largest absolute Gasteiger partial charge is 0.494 e. The zero-order chi connectivity index (χ0) is 11.8. The van der Waals surface area contributed by atoms with Crippen molar-refractivity contribution in [2.75, 3.05) is 6.61 Å². The normalized spacial score (nSPS) is 23.2. The van der Waals surface area contributed by atoms with Gasteiger partial charge in [-0.3, -0.25) is 4.99 Å². The lowest BCUT2D eigenvalue weighted by molar-refractivity contribution is -0.156. The summed E-state index contributed by atoms with van der Waals surface area (Å²) >= 11 is 0. The fourth-order valence-corrected chi connectivity index (χ4v) is 1.50. The predicted molar refractivity (Wildman–Crippen MR) is 53.8 cm³/mol. The van der Waals surface area contributed by atoms with Crippen LogP contribution in [-0.4, -0.2) is 19.0 Å². The summed E-state index contributed by atoms with van der Waals surface area (Å²) in [6.45, 7) is 2.30. The zero-order valence-corrected chi connectivity index (χ0v) is 8.58. The Kier molecular flexibility index (Phi) is 2.40. The highest BCUT2D eigenvalue weighted by molar-refractivity contribution is 5.87. The molecule has 5 heteroatoms. The maximum atomic E-state index is 12.7. The van der Waals surface area contributed by atoms with Crippen LogP contribution in [0.4, 0.5) is 13.2 Å². The van der Waals surface area contributed by atoms with Gasteiger partial charge in [0, 0.05) is 6.21 Å². The third-order valence-corrected chi connectivity index (χ3v) is 2.42. The van der Waals surface area contributed by atoms with Gasteiger partial charge in [-0.2, -0.15) is 13.2 Å². The van der Waals surface area contributed by atoms with Crippen molar-refractivity contribution in [1.29, 1.82) is 0 Å². The summed E-state index contributed by atoms with van der Waals surface area (Å²) in [7, 11) is 0. The summed E-state index contributed by atoms with van der Waals surface area (Å²) in [4.78, 5) is 3.36. The van der Waals surface area contributed by atoms with Gasteiger partial charge in [-0.1, -0.05) is 12.1 Å². The van der Waals surface area contributed by atoms with E-state index < -0.39 is 11.7 Å². The van der Waals surface area contributed by atoms with Crippen LogP contribution in [0.15, 0.2) is 29.3 Å². The van der Waals surface area contributed by atoms with Crippen molar-refractivity contribution in [1.82, 2.24) is 0 Å². The molecular formula is C11H10F3NO. The molecule has 0 fully saturated rings. The van der Waals surface area contributed by atoms with E-state index in [1.54, 1.807) is 0 Å². The molecule has 0 N–H and O–H groups in total. The van der Waals surface area contributed by atoms with Crippen LogP contribution in [0, 0.1) is 0 Å². The van der Waals surface area contributed by atoms with Gasteiger partial charge in [0.15, 0.2) is 0 Å². The van der Waals surface area contributed by atoms with Crippen LogP contribution in [0.3, 0.4) is 0 Å². The van der Waals surface area contributed by atoms with E-state index in [2.05, 4.69) is 4.99 Å². The lowest BCUT2D eigenvalue weighted by atomic mass is 9.97. The Labute approximate surface area is 90.8 Å². The molecule has 0 amide bonds. The molecule has 0 aromatic heterocycles. The molecular weight excluding hydrogens is 219 g/mol. The van der Waals surface area contributed by atoms with Crippen LogP contribution in [-0.2, 0) is 5.54 Å². The Balaban J connectivity index is 2.23. The van der Waals surface area contributed by atoms with Gasteiger partial charge in [-0.05, 0) is 24.6 Å². The maximum Gasteiger partial charge on any atom is 0.422 e. The van der Waals surface area contributed by atoms with Gasteiger partial charge in [-0.25, -0.2) is 0 Å². The van der Waals surface area contributed by atoms with Crippen molar-refractivity contribution >= 4 is 6.21 Å². The van der Waals surface area contributed by atoms with Gasteiger partial charge < -0.3 is 4.74 Å². The summed E-state index contributed by atoms with van der Waals surface area (Å²) in [5, 5.41) is 0. The van der Waals surface area contributed by atoms with E-state index in [-0.39, 0.29) is 5.56 Å². The van der Waals surface area contributed by atoms with Gasteiger partial charge in [0.1, 0.15) is 5.75 Å². The minimum atomic E-state index is -4.36. The first-order valence-corrected chi connectivity index (χ1v) is 4.86. The number of benzene rings is 1. The molecule has 1 atom stereocenters. The van der Waals surface area contributed by atoms with Gasteiger partial charge in [0.05, 0.1) is 6.61 Å². The van der Waals surface area contributed by atoms with Crippen molar-refractivity contribution < 1.29 is 17.9 Å². The lowest BCUT2D eigenvalue weighted by Crippen LogP contribution is -2.31. The molecule has 1 aromatic carbocycles. The molecule has 0 radical (unpaired) electrons. The number of halogens is 3. The molecule has 1 aliphatic heterocycles. The van der Waals surface area contributed by atoms with Crippen LogP contribution in [0.25, 0.3) is 0 Å². The smallest absolute Gasteiger partial charge is 0.422 e. The standard InChI is InChI=1S/C11H10F3NO/c1-2-16-9-5-3-8(4-6-9)10(7-15-10)11(12,13)14/h3-7H,2H2,1H3. The topological polar surface area (TPSA) is 21.6 Å². The Morgan fingerprint density at radius 3 is 2.19 bits per heavy atom. The van der Waals surface area contributed by atoms with Gasteiger partial charge in [0.25, 0.3) is 0 Å². The quantitative estimate of drug-likeness (QED) is 0.780. The SMILES string of the molecule is CCOc1ccc(C2(C(F)(F)F)C=N2)cc1. The fraction of sp³-hybridized carbons (Fsp3) is 0.364. The second-order valence-corrected chi connectivity index (χ2v) is 3.48. The fourth-order valence-electron chi connectivity index (χ4n) is 1.50. The van der Waals surface area contributed by atoms with E-state index in [4.69, 9.17) is 4.74 Å². The van der Waals surface area contributed by atoms with Crippen molar-refractivity contribution in [3.8, 4) is 5.75 Å². The van der Waals surface area contributed by atoms with E-state index in [1.807, 2.05) is 6.92 Å². The zero-order valence-electron chi connectivity index (χ0n) is 8.58. The summed E-state index contributed by atoms with van der Waals surface area (Å²) in [5.74, 6) is 0.559. The molecule has 86 valence electrons. The monoisotopic (exact) mass is 229 g/mol. The summed E-state index contributed by atoms with van der Waals surface area (Å²) in [6, 6.07) is 5.83. The molecule has 1 heterocycles. The van der Waals surface area contributed by atoms with Crippen LogP contribution in [0.1, 0.15) is 12.5 Å². The Hall–Kier alpha value is -1.52. The molecule has 0 bridgehead atoms. The molecule has 0 saturated heterocycles. The molecule has 0 aliphatic carbocycles. The highest BCUT2D eigenvalue weighted by Crippen LogP contribution is 2.48.